The van der Waals surface area contributed by atoms with E-state index in [0.717, 1.165) is 5.01 Å². The largest absolute Gasteiger partial charge is 0.260 e. The number of thiazole rings is 1. The second-order valence-corrected chi connectivity index (χ2v) is 15.0. The van der Waals surface area contributed by atoms with Gasteiger partial charge in [-0.25, -0.2) is 9.19 Å². The average Bonchev–Trinajstić information content (AvgIpc) is 2.48. The van der Waals surface area contributed by atoms with Crippen molar-refractivity contribution in [2.24, 2.45) is 4.03 Å². The molecular formula is C10H19ClN2OS2Si. The van der Waals surface area contributed by atoms with Crippen LogP contribution in [-0.2, 0) is 8.94 Å². The summed E-state index contributed by atoms with van der Waals surface area (Å²) in [4.78, 5) is 4.09. The summed E-state index contributed by atoms with van der Waals surface area (Å²) in [5.41, 5.74) is 0. The van der Waals surface area contributed by atoms with Crippen molar-refractivity contribution in [2.75, 3.05) is 0 Å². The molecule has 0 N–H and O–H groups in total. The van der Waals surface area contributed by atoms with Gasteiger partial charge >= 0.3 is 0 Å². The van der Waals surface area contributed by atoms with Gasteiger partial charge in [0.05, 0.1) is 11.2 Å². The molecule has 0 aromatic carbocycles. The van der Waals surface area contributed by atoms with Crippen LogP contribution in [-0.4, -0.2) is 17.4 Å². The molecule has 1 atom stereocenters. The Morgan fingerprint density at radius 2 is 2.00 bits per heavy atom. The molecule has 0 saturated heterocycles. The first-order valence-electron chi connectivity index (χ1n) is 5.36. The minimum absolute atomic E-state index is 0.0320. The molecule has 0 aliphatic carbocycles. The minimum Gasteiger partial charge on any atom is -0.260 e. The van der Waals surface area contributed by atoms with Gasteiger partial charge in [0.25, 0.3) is 0 Å². The van der Waals surface area contributed by atoms with Crippen LogP contribution >= 0.6 is 22.0 Å². The van der Waals surface area contributed by atoms with Gasteiger partial charge in [0.2, 0.25) is 0 Å². The third-order valence-electron chi connectivity index (χ3n) is 3.03. The maximum atomic E-state index is 12.5. The summed E-state index contributed by atoms with van der Waals surface area (Å²) in [7, 11) is 1.30. The first-order valence-corrected chi connectivity index (χ1v) is 11.5. The molecule has 1 heterocycles. The lowest BCUT2D eigenvalue weighted by atomic mass is 10.2. The summed E-state index contributed by atoms with van der Waals surface area (Å²) < 4.78 is 17.5. The SMILES string of the molecule is Cc1ncc(S(=O)(Cl)=N[Si](C)(C)C(C)(C)C)s1. The molecule has 0 aliphatic heterocycles. The number of halogens is 1. The Morgan fingerprint density at radius 1 is 1.47 bits per heavy atom. The lowest BCUT2D eigenvalue weighted by Gasteiger charge is -2.32. The molecule has 1 rings (SSSR count). The number of nitrogens with zero attached hydrogens (tertiary/aromatic N) is 2. The summed E-state index contributed by atoms with van der Waals surface area (Å²) in [6.07, 6.45) is 1.58. The molecule has 17 heavy (non-hydrogen) atoms. The quantitative estimate of drug-likeness (QED) is 0.598. The van der Waals surface area contributed by atoms with Crippen LogP contribution in [0.1, 0.15) is 25.8 Å². The number of hydrogen-bond donors (Lipinski definition) is 0. The standard InChI is InChI=1S/C10H19ClN2OS2Si/c1-8-12-7-9(15-8)16(11,14)13-17(5,6)10(2,3)4/h7H,1-6H3. The van der Waals surface area contributed by atoms with Gasteiger partial charge in [0, 0.05) is 10.7 Å². The summed E-state index contributed by atoms with van der Waals surface area (Å²) in [5, 5.41) is 0.892. The van der Waals surface area contributed by atoms with E-state index >= 15 is 0 Å². The molecule has 3 nitrogen and oxygen atoms in total. The van der Waals surface area contributed by atoms with E-state index < -0.39 is 17.2 Å². The van der Waals surface area contributed by atoms with Gasteiger partial charge in [0.15, 0.2) is 17.2 Å². The topological polar surface area (TPSA) is 42.3 Å². The number of aromatic nitrogens is 1. The van der Waals surface area contributed by atoms with Crippen molar-refractivity contribution in [1.29, 1.82) is 0 Å². The third-order valence-corrected chi connectivity index (χ3v) is 13.1. The highest BCUT2D eigenvalue weighted by atomic mass is 35.7. The number of hydrogen-bond acceptors (Lipinski definition) is 4. The maximum absolute atomic E-state index is 12.5. The van der Waals surface area contributed by atoms with Crippen molar-refractivity contribution < 1.29 is 4.21 Å². The van der Waals surface area contributed by atoms with Gasteiger partial charge in [0.1, 0.15) is 4.21 Å². The Labute approximate surface area is 113 Å². The van der Waals surface area contributed by atoms with Crippen molar-refractivity contribution in [3.05, 3.63) is 11.2 Å². The molecule has 0 aliphatic rings. The molecule has 98 valence electrons. The molecular weight excluding hydrogens is 292 g/mol. The second kappa shape index (κ2) is 4.64. The van der Waals surface area contributed by atoms with Gasteiger partial charge in [-0.3, -0.25) is 4.03 Å². The molecule has 1 unspecified atom stereocenters. The smallest absolute Gasteiger partial charge is 0.194 e. The fraction of sp³-hybridized carbons (Fsp3) is 0.700. The van der Waals surface area contributed by atoms with Crippen molar-refractivity contribution in [2.45, 2.75) is 50.0 Å². The van der Waals surface area contributed by atoms with Gasteiger partial charge < -0.3 is 0 Å². The monoisotopic (exact) mass is 310 g/mol. The van der Waals surface area contributed by atoms with Crippen LogP contribution in [0.2, 0.25) is 18.1 Å². The highest BCUT2D eigenvalue weighted by Gasteiger charge is 2.37. The lowest BCUT2D eigenvalue weighted by Crippen LogP contribution is -2.35. The van der Waals surface area contributed by atoms with Crippen LogP contribution < -0.4 is 0 Å². The van der Waals surface area contributed by atoms with E-state index in [0.29, 0.717) is 4.21 Å². The first-order chi connectivity index (χ1) is 7.46. The van der Waals surface area contributed by atoms with E-state index in [2.05, 4.69) is 42.9 Å². The van der Waals surface area contributed by atoms with Gasteiger partial charge in [-0.2, -0.15) is 0 Å². The summed E-state index contributed by atoms with van der Waals surface area (Å²) >= 11 is 1.36. The van der Waals surface area contributed by atoms with Crippen LogP contribution in [0.25, 0.3) is 0 Å². The van der Waals surface area contributed by atoms with Crippen LogP contribution in [0, 0.1) is 6.92 Å². The molecule has 0 spiro atoms. The maximum Gasteiger partial charge on any atom is 0.194 e. The Hall–Kier alpha value is 0.0869. The summed E-state index contributed by atoms with van der Waals surface area (Å²) in [6, 6.07) is 0. The van der Waals surface area contributed by atoms with E-state index in [1.54, 1.807) is 6.20 Å². The van der Waals surface area contributed by atoms with Gasteiger partial charge in [-0.15, -0.1) is 11.3 Å². The van der Waals surface area contributed by atoms with Crippen LogP contribution in [0.3, 0.4) is 0 Å². The molecule has 0 bridgehead atoms. The Kier molecular flexibility index (Phi) is 4.14. The zero-order valence-electron chi connectivity index (χ0n) is 11.1. The number of aryl methyl sites for hydroxylation is 1. The van der Waals surface area contributed by atoms with Crippen LogP contribution in [0.5, 0.6) is 0 Å². The predicted molar refractivity (Wildman–Crippen MR) is 78.7 cm³/mol. The molecule has 0 fully saturated rings. The Bertz CT molecular complexity index is 525. The van der Waals surface area contributed by atoms with Gasteiger partial charge in [-0.1, -0.05) is 20.8 Å². The van der Waals surface area contributed by atoms with Gasteiger partial charge in [-0.05, 0) is 25.1 Å². The molecule has 0 saturated carbocycles. The Balaban J connectivity index is 3.28. The van der Waals surface area contributed by atoms with Crippen molar-refractivity contribution in [1.82, 2.24) is 4.98 Å². The van der Waals surface area contributed by atoms with E-state index in [1.807, 2.05) is 6.92 Å². The van der Waals surface area contributed by atoms with Crippen LogP contribution in [0.15, 0.2) is 14.4 Å². The minimum atomic E-state index is -2.82. The zero-order chi connectivity index (χ0) is 13.5. The molecule has 7 heteroatoms. The van der Waals surface area contributed by atoms with Crippen LogP contribution in [0.4, 0.5) is 0 Å². The summed E-state index contributed by atoms with van der Waals surface area (Å²) in [5.74, 6) is 0. The summed E-state index contributed by atoms with van der Waals surface area (Å²) in [6.45, 7) is 12.4. The van der Waals surface area contributed by atoms with Crippen molar-refractivity contribution in [3.8, 4) is 0 Å². The first kappa shape index (κ1) is 15.1. The van der Waals surface area contributed by atoms with E-state index in [9.17, 15) is 4.21 Å². The third kappa shape index (κ3) is 3.53. The van der Waals surface area contributed by atoms with E-state index in [-0.39, 0.29) is 5.04 Å². The predicted octanol–water partition coefficient (Wildman–Crippen LogP) is 4.44. The van der Waals surface area contributed by atoms with Crippen molar-refractivity contribution >= 4 is 39.2 Å². The molecule has 0 amide bonds. The Morgan fingerprint density at radius 3 is 2.35 bits per heavy atom. The fourth-order valence-corrected chi connectivity index (χ4v) is 8.49. The highest BCUT2D eigenvalue weighted by Crippen LogP contribution is 2.39. The molecule has 1 aromatic heterocycles. The molecule has 0 radical (unpaired) electrons. The van der Waals surface area contributed by atoms with Crippen molar-refractivity contribution in [3.63, 3.8) is 0 Å². The zero-order valence-corrected chi connectivity index (χ0v) is 14.5. The lowest BCUT2D eigenvalue weighted by molar-refractivity contribution is 0.684. The highest BCUT2D eigenvalue weighted by molar-refractivity contribution is 8.17. The van der Waals surface area contributed by atoms with E-state index in [4.69, 9.17) is 10.7 Å². The molecule has 1 aromatic rings. The average molecular weight is 311 g/mol. The van der Waals surface area contributed by atoms with E-state index in [1.165, 1.54) is 11.3 Å². The fourth-order valence-electron chi connectivity index (χ4n) is 0.934. The second-order valence-electron chi connectivity index (χ2n) is 5.56. The normalized spacial score (nSPS) is 16.6. The number of rotatable bonds is 2.